The van der Waals surface area contributed by atoms with Crippen LogP contribution >= 0.6 is 11.6 Å². The quantitative estimate of drug-likeness (QED) is 0.891. The van der Waals surface area contributed by atoms with Gasteiger partial charge >= 0.3 is 0 Å². The number of rotatable bonds is 4. The highest BCUT2D eigenvalue weighted by Gasteiger charge is 2.23. The van der Waals surface area contributed by atoms with Crippen molar-refractivity contribution in [3.05, 3.63) is 39.9 Å². The van der Waals surface area contributed by atoms with E-state index in [4.69, 9.17) is 11.6 Å². The molecule has 116 valence electrons. The summed E-state index contributed by atoms with van der Waals surface area (Å²) in [4.78, 5) is 21.6. The molecular weight excluding hydrogens is 304 g/mol. The summed E-state index contributed by atoms with van der Waals surface area (Å²) >= 11 is 5.78. The van der Waals surface area contributed by atoms with Gasteiger partial charge in [0.2, 0.25) is 5.95 Å². The second kappa shape index (κ2) is 6.74. The molecule has 0 aromatic carbocycles. The van der Waals surface area contributed by atoms with E-state index in [1.54, 1.807) is 18.5 Å². The molecule has 7 nitrogen and oxygen atoms in total. The van der Waals surface area contributed by atoms with Crippen LogP contribution in [0.5, 0.6) is 0 Å². The van der Waals surface area contributed by atoms with Crippen LogP contribution in [0.15, 0.2) is 29.3 Å². The van der Waals surface area contributed by atoms with Gasteiger partial charge in [0.05, 0.1) is 17.4 Å². The van der Waals surface area contributed by atoms with Crippen molar-refractivity contribution in [2.24, 2.45) is 0 Å². The number of halogens is 1. The van der Waals surface area contributed by atoms with Crippen molar-refractivity contribution >= 4 is 23.4 Å². The lowest BCUT2D eigenvalue weighted by atomic mass is 10.0. The third-order valence-corrected chi connectivity index (χ3v) is 3.90. The number of nitrogens with zero attached hydrogens (tertiary/aromatic N) is 4. The highest BCUT2D eigenvalue weighted by atomic mass is 35.5. The average Bonchev–Trinajstić information content (AvgIpc) is 2.55. The summed E-state index contributed by atoms with van der Waals surface area (Å²) in [5, 5.41) is 10.4. The molecule has 3 rings (SSSR count). The first kappa shape index (κ1) is 14.8. The van der Waals surface area contributed by atoms with E-state index in [0.717, 1.165) is 25.2 Å². The lowest BCUT2D eigenvalue weighted by Crippen LogP contribution is -2.44. The maximum Gasteiger partial charge on any atom is 0.264 e. The fourth-order valence-corrected chi connectivity index (χ4v) is 2.72. The van der Waals surface area contributed by atoms with E-state index in [-0.39, 0.29) is 11.6 Å². The van der Waals surface area contributed by atoms with Crippen LogP contribution in [0.25, 0.3) is 0 Å². The van der Waals surface area contributed by atoms with Gasteiger partial charge in [-0.3, -0.25) is 4.79 Å². The normalized spacial score (nSPS) is 18.2. The lowest BCUT2D eigenvalue weighted by molar-refractivity contribution is 0.467. The summed E-state index contributed by atoms with van der Waals surface area (Å²) < 4.78 is 0. The van der Waals surface area contributed by atoms with Gasteiger partial charge in [0.15, 0.2) is 0 Å². The molecule has 0 saturated carbocycles. The minimum absolute atomic E-state index is 0.190. The van der Waals surface area contributed by atoms with Crippen LogP contribution in [-0.4, -0.2) is 39.3 Å². The van der Waals surface area contributed by atoms with E-state index in [2.05, 4.69) is 30.4 Å². The van der Waals surface area contributed by atoms with Crippen LogP contribution in [0.1, 0.15) is 19.3 Å². The van der Waals surface area contributed by atoms with Crippen LogP contribution in [0.3, 0.4) is 0 Å². The Morgan fingerprint density at radius 2 is 2.14 bits per heavy atom. The Bertz CT molecular complexity index is 653. The Kier molecular flexibility index (Phi) is 4.53. The van der Waals surface area contributed by atoms with Crippen molar-refractivity contribution in [2.75, 3.05) is 23.3 Å². The van der Waals surface area contributed by atoms with Crippen LogP contribution in [0.4, 0.5) is 11.8 Å². The molecule has 2 N–H and O–H groups in total. The molecule has 0 spiro atoms. The average molecular weight is 321 g/mol. The summed E-state index contributed by atoms with van der Waals surface area (Å²) in [7, 11) is 0. The van der Waals surface area contributed by atoms with Crippen molar-refractivity contribution in [3.8, 4) is 0 Å². The zero-order valence-corrected chi connectivity index (χ0v) is 12.8. The van der Waals surface area contributed by atoms with Crippen LogP contribution in [0, 0.1) is 0 Å². The zero-order valence-electron chi connectivity index (χ0n) is 12.0. The summed E-state index contributed by atoms with van der Waals surface area (Å²) in [5.41, 5.74) is -0.190. The summed E-state index contributed by atoms with van der Waals surface area (Å²) in [6.07, 6.45) is 6.49. The minimum atomic E-state index is -0.190. The molecule has 1 atom stereocenters. The molecular formula is C14H17ClN6O. The third-order valence-electron chi connectivity index (χ3n) is 3.70. The van der Waals surface area contributed by atoms with E-state index in [9.17, 15) is 4.79 Å². The Labute approximate surface area is 132 Å². The Morgan fingerprint density at radius 3 is 2.86 bits per heavy atom. The molecule has 0 bridgehead atoms. The molecule has 1 unspecified atom stereocenters. The number of H-pyrrole nitrogens is 1. The van der Waals surface area contributed by atoms with Gasteiger partial charge in [-0.05, 0) is 25.3 Å². The molecule has 1 aliphatic rings. The van der Waals surface area contributed by atoms with Gasteiger partial charge in [-0.25, -0.2) is 15.1 Å². The molecule has 22 heavy (non-hydrogen) atoms. The fourth-order valence-electron chi connectivity index (χ4n) is 2.62. The summed E-state index contributed by atoms with van der Waals surface area (Å²) in [6.45, 7) is 1.63. The molecule has 2 aromatic heterocycles. The van der Waals surface area contributed by atoms with Gasteiger partial charge in [0.1, 0.15) is 5.82 Å². The third kappa shape index (κ3) is 3.54. The predicted molar refractivity (Wildman–Crippen MR) is 85.4 cm³/mol. The largest absolute Gasteiger partial charge is 0.352 e. The first-order valence-corrected chi connectivity index (χ1v) is 7.64. The molecule has 0 amide bonds. The van der Waals surface area contributed by atoms with E-state index < -0.39 is 0 Å². The summed E-state index contributed by atoms with van der Waals surface area (Å²) in [5.74, 6) is 1.35. The summed E-state index contributed by atoms with van der Waals surface area (Å²) in [6, 6.07) is 3.55. The van der Waals surface area contributed by atoms with Crippen molar-refractivity contribution in [2.45, 2.75) is 25.3 Å². The minimum Gasteiger partial charge on any atom is -0.352 e. The Balaban J connectivity index is 1.68. The predicted octanol–water partition coefficient (Wildman–Crippen LogP) is 1.68. The van der Waals surface area contributed by atoms with E-state index in [1.807, 2.05) is 0 Å². The number of aromatic nitrogens is 4. The first-order valence-electron chi connectivity index (χ1n) is 7.26. The highest BCUT2D eigenvalue weighted by Crippen LogP contribution is 2.22. The van der Waals surface area contributed by atoms with Crippen LogP contribution in [0.2, 0.25) is 5.02 Å². The molecule has 1 fully saturated rings. The van der Waals surface area contributed by atoms with Crippen molar-refractivity contribution < 1.29 is 0 Å². The van der Waals surface area contributed by atoms with Crippen LogP contribution < -0.4 is 15.8 Å². The molecule has 1 saturated heterocycles. The van der Waals surface area contributed by atoms with E-state index >= 15 is 0 Å². The van der Waals surface area contributed by atoms with Crippen LogP contribution in [-0.2, 0) is 0 Å². The van der Waals surface area contributed by atoms with Crippen molar-refractivity contribution in [3.63, 3.8) is 0 Å². The van der Waals surface area contributed by atoms with Crippen molar-refractivity contribution in [1.82, 2.24) is 20.2 Å². The number of piperidine rings is 1. The molecule has 8 heteroatoms. The van der Waals surface area contributed by atoms with Gasteiger partial charge in [-0.15, -0.1) is 0 Å². The van der Waals surface area contributed by atoms with E-state index in [1.165, 1.54) is 12.5 Å². The fraction of sp³-hybridized carbons (Fsp3) is 0.429. The number of aromatic amines is 1. The topological polar surface area (TPSA) is 86.8 Å². The number of hydrogen-bond acceptors (Lipinski definition) is 6. The second-order valence-electron chi connectivity index (χ2n) is 5.23. The maximum absolute atomic E-state index is 11.1. The van der Waals surface area contributed by atoms with Gasteiger partial charge < -0.3 is 10.2 Å². The molecule has 0 radical (unpaired) electrons. The zero-order chi connectivity index (χ0) is 15.4. The Morgan fingerprint density at radius 1 is 1.32 bits per heavy atom. The van der Waals surface area contributed by atoms with Gasteiger partial charge in [0.25, 0.3) is 5.56 Å². The lowest BCUT2D eigenvalue weighted by Gasteiger charge is -2.36. The monoisotopic (exact) mass is 320 g/mol. The maximum atomic E-state index is 11.1. The SMILES string of the molecule is O=c1ccc(N2CCCCC2CNc2ncc(Cl)cn2)n[nH]1. The van der Waals surface area contributed by atoms with Gasteiger partial charge in [-0.2, -0.15) is 5.10 Å². The number of nitrogens with one attached hydrogen (secondary N) is 2. The van der Waals surface area contributed by atoms with Gasteiger partial charge in [0, 0.05) is 25.2 Å². The highest BCUT2D eigenvalue weighted by molar-refractivity contribution is 6.30. The molecule has 3 heterocycles. The smallest absolute Gasteiger partial charge is 0.264 e. The molecule has 0 aliphatic carbocycles. The van der Waals surface area contributed by atoms with E-state index in [0.29, 0.717) is 17.5 Å². The first-order chi connectivity index (χ1) is 10.7. The number of hydrogen-bond donors (Lipinski definition) is 2. The standard InChI is InChI=1S/C14H17ClN6O/c15-10-7-16-14(17-8-10)18-9-11-3-1-2-6-21(11)12-4-5-13(22)20-19-12/h4-5,7-8,11H,1-3,6,9H2,(H,20,22)(H,16,17,18). The molecule has 1 aliphatic heterocycles. The Hall–Kier alpha value is -2.15. The van der Waals surface area contributed by atoms with Gasteiger partial charge in [-0.1, -0.05) is 11.6 Å². The second-order valence-corrected chi connectivity index (χ2v) is 5.66. The number of anilines is 2. The van der Waals surface area contributed by atoms with Crippen molar-refractivity contribution in [1.29, 1.82) is 0 Å². The molecule has 2 aromatic rings.